The van der Waals surface area contributed by atoms with Gasteiger partial charge in [0, 0.05) is 55.0 Å². The van der Waals surface area contributed by atoms with Crippen LogP contribution in [0.15, 0.2) is 0 Å². The first kappa shape index (κ1) is 28.0. The van der Waals surface area contributed by atoms with Crippen LogP contribution in [0.4, 0.5) is 0 Å². The molecule has 0 aromatic heterocycles. The van der Waals surface area contributed by atoms with Crippen molar-refractivity contribution < 1.29 is 55.0 Å². The molecule has 0 aliphatic carbocycles. The molecule has 0 rings (SSSR count). The molecule has 0 aliphatic heterocycles. The Labute approximate surface area is 90.3 Å². The Balaban J connectivity index is 0. The quantitative estimate of drug-likeness (QED) is 0.402. The number of hydrogen-bond donors (Lipinski definition) is 0. The zero-order valence-electron chi connectivity index (χ0n) is 2.41. The topological polar surface area (TPSA) is 0 Å². The molecular weight excluding hydrogens is 473 g/mol. The molecule has 0 bridgehead atoms. The molecule has 4 heteroatoms. The van der Waals surface area contributed by atoms with Crippen molar-refractivity contribution in [1.29, 1.82) is 0 Å². The predicted molar refractivity (Wildman–Crippen MR) is 18.9 cm³/mol. The van der Waals surface area contributed by atoms with E-state index in [0.717, 1.165) is 0 Å². The fourth-order valence-electron chi connectivity index (χ4n) is 0. The molecule has 0 aliphatic rings. The first-order valence-corrected chi connectivity index (χ1v) is 0. The van der Waals surface area contributed by atoms with Crippen molar-refractivity contribution in [2.75, 3.05) is 0 Å². The maximum atomic E-state index is 0. The van der Waals surface area contributed by atoms with Gasteiger partial charge in [0.2, 0.25) is 0 Å². The van der Waals surface area contributed by atoms with E-state index in [1.54, 1.807) is 0 Å². The molecule has 0 saturated carbocycles. The molecule has 4 heavy (non-hydrogen) atoms. The Morgan fingerprint density at radius 3 is 1.00 bits per heavy atom. The second kappa shape index (κ2) is 16.7. The minimum atomic E-state index is 0. The molecule has 0 unspecified atom stereocenters. The summed E-state index contributed by atoms with van der Waals surface area (Å²) in [5, 5.41) is 0. The Bertz CT molecular complexity index is 8.00. The summed E-state index contributed by atoms with van der Waals surface area (Å²) in [6, 6.07) is 0. The fraction of sp³-hybridized carbons (Fsp3) is 0. The summed E-state index contributed by atoms with van der Waals surface area (Å²) in [6.07, 6.45) is 0. The van der Waals surface area contributed by atoms with E-state index in [1.165, 1.54) is 0 Å². The van der Waals surface area contributed by atoms with Crippen LogP contribution < -0.4 is 0 Å². The third kappa shape index (κ3) is 8.89. The van der Waals surface area contributed by atoms with Gasteiger partial charge in [-0.2, -0.15) is 13.5 Å². The van der Waals surface area contributed by atoms with E-state index in [4.69, 9.17) is 0 Å². The molecule has 0 fully saturated rings. The Kier molecular flexibility index (Phi) is 117. The van der Waals surface area contributed by atoms with Gasteiger partial charge in [0.05, 0.1) is 0 Å². The van der Waals surface area contributed by atoms with E-state index in [-0.39, 0.29) is 92.1 Å². The third-order valence-electron chi connectivity index (χ3n) is 0. The molecule has 20 valence electrons. The second-order valence-corrected chi connectivity index (χ2v) is 0. The third-order valence-corrected chi connectivity index (χ3v) is 0. The fourth-order valence-corrected chi connectivity index (χ4v) is 0. The van der Waals surface area contributed by atoms with Gasteiger partial charge in [-0.25, -0.2) is 0 Å². The summed E-state index contributed by atoms with van der Waals surface area (Å²) in [6.45, 7) is 0. The molecule has 0 aromatic carbocycles. The monoisotopic (exact) mass is 482 g/mol. The maximum absolute atomic E-state index is 0. The molecule has 0 spiro atoms. The molecule has 0 saturated heterocycles. The van der Waals surface area contributed by atoms with Crippen LogP contribution in [0, 0.1) is 0 Å². The molecule has 0 radical (unpaired) electrons. The van der Waals surface area contributed by atoms with Crippen LogP contribution in [0.1, 0.15) is 0 Å². The molecule has 0 atom stereocenters. The van der Waals surface area contributed by atoms with Gasteiger partial charge in [0.1, 0.15) is 0 Å². The van der Waals surface area contributed by atoms with Gasteiger partial charge in [0.15, 0.2) is 0 Å². The molecular formula is H4CdHgSTe. The Morgan fingerprint density at radius 2 is 1.00 bits per heavy atom. The van der Waals surface area contributed by atoms with Gasteiger partial charge in [-0.05, 0) is 0 Å². The molecule has 0 N–H and O–H groups in total. The predicted octanol–water partition coefficient (Wildman–Crippen LogP) is -0.808. The zero-order chi connectivity index (χ0) is 0. The number of rotatable bonds is 0. The average molecular weight is 477 g/mol. The van der Waals surface area contributed by atoms with Crippen molar-refractivity contribution in [2.24, 2.45) is 0 Å². The van der Waals surface area contributed by atoms with Crippen LogP contribution in [0.3, 0.4) is 0 Å². The summed E-state index contributed by atoms with van der Waals surface area (Å²) in [5.41, 5.74) is 0. The van der Waals surface area contributed by atoms with E-state index >= 15 is 0 Å². The standard InChI is InChI=1S/Cd.Hg.H2S.H2Te/h;;2*1H2. The van der Waals surface area contributed by atoms with Gasteiger partial charge in [-0.1, -0.05) is 0 Å². The van der Waals surface area contributed by atoms with Gasteiger partial charge in [0.25, 0.3) is 0 Å². The summed E-state index contributed by atoms with van der Waals surface area (Å²) in [5.74, 6) is 0. The molecule has 0 heterocycles. The minimum absolute atomic E-state index is 0. The van der Waals surface area contributed by atoms with Crippen molar-refractivity contribution in [3.63, 3.8) is 0 Å². The van der Waals surface area contributed by atoms with Crippen molar-refractivity contribution in [3.8, 4) is 0 Å². The van der Waals surface area contributed by atoms with Crippen molar-refractivity contribution in [2.45, 2.75) is 0 Å². The van der Waals surface area contributed by atoms with Crippen molar-refractivity contribution in [3.05, 3.63) is 0 Å². The normalized spacial score (nSPS) is 0. The summed E-state index contributed by atoms with van der Waals surface area (Å²) >= 11 is 0. The van der Waals surface area contributed by atoms with Crippen molar-refractivity contribution in [1.82, 2.24) is 0 Å². The second-order valence-electron chi connectivity index (χ2n) is 0. The van der Waals surface area contributed by atoms with Gasteiger partial charge in [-0.15, -0.1) is 0 Å². The van der Waals surface area contributed by atoms with Crippen molar-refractivity contribution >= 4 is 37.2 Å². The zero-order valence-corrected chi connectivity index (χ0v) is 15.8. The van der Waals surface area contributed by atoms with E-state index in [1.807, 2.05) is 0 Å². The van der Waals surface area contributed by atoms with Crippen LogP contribution in [0.2, 0.25) is 0 Å². The van der Waals surface area contributed by atoms with Gasteiger partial charge in [-0.3, -0.25) is 0 Å². The SMILES string of the molecule is S.[Cd].[Hg].[TeH2]. The summed E-state index contributed by atoms with van der Waals surface area (Å²) < 4.78 is 0. The Hall–Kier alpha value is 3.00. The van der Waals surface area contributed by atoms with Crippen LogP contribution in [0.25, 0.3) is 0 Å². The van der Waals surface area contributed by atoms with Gasteiger partial charge < -0.3 is 0 Å². The van der Waals surface area contributed by atoms with Crippen LogP contribution in [0.5, 0.6) is 0 Å². The van der Waals surface area contributed by atoms with Crippen LogP contribution in [-0.2, 0) is 55.0 Å². The van der Waals surface area contributed by atoms with E-state index in [9.17, 15) is 0 Å². The first-order chi connectivity index (χ1) is 0. The Morgan fingerprint density at radius 1 is 1.00 bits per heavy atom. The molecule has 0 amide bonds. The van der Waals surface area contributed by atoms with Crippen LogP contribution in [-0.4, -0.2) is 23.7 Å². The summed E-state index contributed by atoms with van der Waals surface area (Å²) in [4.78, 5) is 0. The van der Waals surface area contributed by atoms with E-state index in [2.05, 4.69) is 0 Å². The van der Waals surface area contributed by atoms with Crippen LogP contribution >= 0.6 is 13.5 Å². The summed E-state index contributed by atoms with van der Waals surface area (Å²) in [7, 11) is 0. The van der Waals surface area contributed by atoms with Gasteiger partial charge >= 0.3 is 23.7 Å². The molecule has 0 aromatic rings. The molecule has 0 nitrogen and oxygen atoms in total. The number of hydrogen-bond acceptors (Lipinski definition) is 0. The van der Waals surface area contributed by atoms with E-state index in [0.29, 0.717) is 0 Å². The average Bonchev–Trinajstić information content (AvgIpc) is 0. The van der Waals surface area contributed by atoms with E-state index < -0.39 is 0 Å². The first-order valence-electron chi connectivity index (χ1n) is 0.